The summed E-state index contributed by atoms with van der Waals surface area (Å²) >= 11 is 5.88. The highest BCUT2D eigenvalue weighted by molar-refractivity contribution is 6.30. The lowest BCUT2D eigenvalue weighted by Crippen LogP contribution is -2.03. The Morgan fingerprint density at radius 3 is 2.57 bits per heavy atom. The van der Waals surface area contributed by atoms with Gasteiger partial charge in [-0.2, -0.15) is 0 Å². The van der Waals surface area contributed by atoms with Crippen LogP contribution >= 0.6 is 11.6 Å². The molecule has 4 nitrogen and oxygen atoms in total. The third-order valence-corrected chi connectivity index (χ3v) is 3.55. The fourth-order valence-electron chi connectivity index (χ4n) is 2.24. The Hall–Kier alpha value is -2.46. The molecular formula is C16H13ClN2O2. The van der Waals surface area contributed by atoms with E-state index >= 15 is 0 Å². The Kier molecular flexibility index (Phi) is 3.54. The molecule has 0 saturated carbocycles. The lowest BCUT2D eigenvalue weighted by atomic mass is 10.1. The molecule has 3 aromatic rings. The molecule has 0 bridgehead atoms. The highest BCUT2D eigenvalue weighted by Crippen LogP contribution is 2.23. The van der Waals surface area contributed by atoms with E-state index in [0.29, 0.717) is 10.7 Å². The number of methoxy groups -OCH3 is 1. The fourth-order valence-corrected chi connectivity index (χ4v) is 2.37. The average Bonchev–Trinajstić information content (AvgIpc) is 2.92. The van der Waals surface area contributed by atoms with Gasteiger partial charge in [0, 0.05) is 21.5 Å². The first-order valence-corrected chi connectivity index (χ1v) is 6.74. The number of ether oxygens (including phenoxy) is 1. The number of benzene rings is 2. The SMILES string of the molecule is COc1ccc2[nH]c(/C(=N/O)c3ccc(Cl)cc3)cc2c1. The molecule has 2 N–H and O–H groups in total. The lowest BCUT2D eigenvalue weighted by Gasteiger charge is -2.02. The molecule has 2 aromatic carbocycles. The van der Waals surface area contributed by atoms with E-state index in [2.05, 4.69) is 10.1 Å². The molecule has 5 heteroatoms. The quantitative estimate of drug-likeness (QED) is 0.435. The van der Waals surface area contributed by atoms with Gasteiger partial charge in [-0.25, -0.2) is 0 Å². The number of H-pyrrole nitrogens is 1. The van der Waals surface area contributed by atoms with Crippen LogP contribution in [0.15, 0.2) is 53.7 Å². The largest absolute Gasteiger partial charge is 0.497 e. The molecule has 0 unspecified atom stereocenters. The molecule has 0 spiro atoms. The number of halogens is 1. The Balaban J connectivity index is 2.07. The molecule has 106 valence electrons. The minimum absolute atomic E-state index is 0.460. The predicted molar refractivity (Wildman–Crippen MR) is 83.7 cm³/mol. The monoisotopic (exact) mass is 300 g/mol. The summed E-state index contributed by atoms with van der Waals surface area (Å²) in [5.41, 5.74) is 2.91. The van der Waals surface area contributed by atoms with Crippen molar-refractivity contribution >= 4 is 28.2 Å². The zero-order chi connectivity index (χ0) is 14.8. The number of fused-ring (bicyclic) bond motifs is 1. The molecule has 0 aliphatic heterocycles. The van der Waals surface area contributed by atoms with Gasteiger partial charge in [0.1, 0.15) is 11.5 Å². The van der Waals surface area contributed by atoms with E-state index in [4.69, 9.17) is 16.3 Å². The van der Waals surface area contributed by atoms with Gasteiger partial charge >= 0.3 is 0 Å². The summed E-state index contributed by atoms with van der Waals surface area (Å²) in [6, 6.07) is 14.8. The Morgan fingerprint density at radius 1 is 1.14 bits per heavy atom. The van der Waals surface area contributed by atoms with Crippen LogP contribution in [-0.2, 0) is 0 Å². The molecule has 0 fully saturated rings. The van der Waals surface area contributed by atoms with Gasteiger partial charge in [0.05, 0.1) is 12.8 Å². The van der Waals surface area contributed by atoms with Crippen LogP contribution in [0.5, 0.6) is 5.75 Å². The summed E-state index contributed by atoms with van der Waals surface area (Å²) in [5.74, 6) is 0.780. The Labute approximate surface area is 126 Å². The van der Waals surface area contributed by atoms with Crippen LogP contribution in [0.4, 0.5) is 0 Å². The number of rotatable bonds is 3. The molecule has 1 heterocycles. The number of hydrogen-bond acceptors (Lipinski definition) is 3. The van der Waals surface area contributed by atoms with Crippen molar-refractivity contribution in [3.63, 3.8) is 0 Å². The number of nitrogens with one attached hydrogen (secondary N) is 1. The van der Waals surface area contributed by atoms with Gasteiger partial charge in [0.25, 0.3) is 0 Å². The fraction of sp³-hybridized carbons (Fsp3) is 0.0625. The summed E-state index contributed by atoms with van der Waals surface area (Å²) in [6.45, 7) is 0. The summed E-state index contributed by atoms with van der Waals surface area (Å²) < 4.78 is 5.21. The van der Waals surface area contributed by atoms with Gasteiger partial charge in [-0.05, 0) is 36.4 Å². The van der Waals surface area contributed by atoms with E-state index in [0.717, 1.165) is 27.9 Å². The number of aromatic amines is 1. The zero-order valence-electron chi connectivity index (χ0n) is 11.3. The van der Waals surface area contributed by atoms with Crippen molar-refractivity contribution in [2.24, 2.45) is 5.16 Å². The minimum Gasteiger partial charge on any atom is -0.497 e. The van der Waals surface area contributed by atoms with Crippen molar-refractivity contribution in [2.45, 2.75) is 0 Å². The standard InChI is InChI=1S/C16H13ClN2O2/c1-21-13-6-7-14-11(8-13)9-15(18-14)16(19-20)10-2-4-12(17)5-3-10/h2-9,18,20H,1H3/b19-16+. The van der Waals surface area contributed by atoms with E-state index in [-0.39, 0.29) is 0 Å². The van der Waals surface area contributed by atoms with E-state index in [1.807, 2.05) is 36.4 Å². The number of aromatic nitrogens is 1. The van der Waals surface area contributed by atoms with Crippen LogP contribution in [0.2, 0.25) is 5.02 Å². The third-order valence-electron chi connectivity index (χ3n) is 3.30. The molecule has 0 radical (unpaired) electrons. The smallest absolute Gasteiger partial charge is 0.133 e. The van der Waals surface area contributed by atoms with Crippen molar-refractivity contribution in [3.8, 4) is 5.75 Å². The van der Waals surface area contributed by atoms with Gasteiger partial charge in [-0.15, -0.1) is 0 Å². The Morgan fingerprint density at radius 2 is 1.90 bits per heavy atom. The highest BCUT2D eigenvalue weighted by atomic mass is 35.5. The molecule has 3 rings (SSSR count). The van der Waals surface area contributed by atoms with Crippen molar-refractivity contribution in [1.82, 2.24) is 4.98 Å². The highest BCUT2D eigenvalue weighted by Gasteiger charge is 2.11. The van der Waals surface area contributed by atoms with Crippen LogP contribution in [0.3, 0.4) is 0 Å². The van der Waals surface area contributed by atoms with Crippen molar-refractivity contribution in [1.29, 1.82) is 0 Å². The summed E-state index contributed by atoms with van der Waals surface area (Å²) in [5, 5.41) is 14.4. The average molecular weight is 301 g/mol. The normalized spacial score (nSPS) is 11.8. The maximum atomic E-state index is 9.34. The predicted octanol–water partition coefficient (Wildman–Crippen LogP) is 4.06. The van der Waals surface area contributed by atoms with Crippen LogP contribution in [0.25, 0.3) is 10.9 Å². The first-order chi connectivity index (χ1) is 10.2. The summed E-state index contributed by atoms with van der Waals surface area (Å²) in [7, 11) is 1.63. The Bertz CT molecular complexity index is 807. The van der Waals surface area contributed by atoms with E-state index in [1.54, 1.807) is 19.2 Å². The van der Waals surface area contributed by atoms with Crippen molar-refractivity contribution in [2.75, 3.05) is 7.11 Å². The van der Waals surface area contributed by atoms with Crippen molar-refractivity contribution in [3.05, 3.63) is 64.8 Å². The summed E-state index contributed by atoms with van der Waals surface area (Å²) in [6.07, 6.45) is 0. The minimum atomic E-state index is 0.460. The topological polar surface area (TPSA) is 57.6 Å². The van der Waals surface area contributed by atoms with Crippen LogP contribution in [0.1, 0.15) is 11.3 Å². The van der Waals surface area contributed by atoms with Crippen LogP contribution in [-0.4, -0.2) is 23.0 Å². The molecule has 0 aliphatic carbocycles. The lowest BCUT2D eigenvalue weighted by molar-refractivity contribution is 0.319. The van der Waals surface area contributed by atoms with E-state index in [9.17, 15) is 5.21 Å². The van der Waals surface area contributed by atoms with Crippen LogP contribution < -0.4 is 4.74 Å². The second-order valence-electron chi connectivity index (χ2n) is 4.59. The molecule has 1 aromatic heterocycles. The van der Waals surface area contributed by atoms with E-state index in [1.165, 1.54) is 0 Å². The van der Waals surface area contributed by atoms with Crippen molar-refractivity contribution < 1.29 is 9.94 Å². The van der Waals surface area contributed by atoms with Crippen LogP contribution in [0, 0.1) is 0 Å². The zero-order valence-corrected chi connectivity index (χ0v) is 12.1. The maximum Gasteiger partial charge on any atom is 0.133 e. The van der Waals surface area contributed by atoms with Gasteiger partial charge in [-0.1, -0.05) is 28.9 Å². The van der Waals surface area contributed by atoms with E-state index < -0.39 is 0 Å². The third kappa shape index (κ3) is 2.58. The molecule has 0 amide bonds. The summed E-state index contributed by atoms with van der Waals surface area (Å²) in [4.78, 5) is 3.23. The van der Waals surface area contributed by atoms with Gasteiger partial charge in [0.2, 0.25) is 0 Å². The maximum absolute atomic E-state index is 9.34. The molecule has 0 aliphatic rings. The first kappa shape index (κ1) is 13.5. The number of nitrogens with zero attached hydrogens (tertiary/aromatic N) is 1. The molecular weight excluding hydrogens is 288 g/mol. The second kappa shape index (κ2) is 5.50. The molecule has 21 heavy (non-hydrogen) atoms. The molecule has 0 saturated heterocycles. The van der Waals surface area contributed by atoms with Gasteiger partial charge < -0.3 is 14.9 Å². The van der Waals surface area contributed by atoms with Gasteiger partial charge in [0.15, 0.2) is 0 Å². The first-order valence-electron chi connectivity index (χ1n) is 6.36. The number of hydrogen-bond donors (Lipinski definition) is 2. The number of oxime groups is 1. The molecule has 0 atom stereocenters. The van der Waals surface area contributed by atoms with Gasteiger partial charge in [-0.3, -0.25) is 0 Å². The second-order valence-corrected chi connectivity index (χ2v) is 5.03.